The Balaban J connectivity index is 0. The quantitative estimate of drug-likeness (QED) is 0.0705. The standard InChI is InChI=1S/C24H50N2O2.CH4O4S/c1-4-5-6-7-8-9-10-11-12-13-14-15-16-17-18-20-24(28)25-21-19-22-26(2,3)23-27;1-5-6(2,3)4/h27H,4-23H2,1-3H3;1H3,(H,2,3,4). The molecule has 0 aromatic rings. The van der Waals surface area contributed by atoms with Crippen LogP contribution < -0.4 is 5.32 Å². The molecule has 0 fully saturated rings. The number of hydrogen-bond acceptors (Lipinski definition) is 6. The monoisotopic (exact) mass is 510 g/mol. The van der Waals surface area contributed by atoms with Gasteiger partial charge in [-0.15, -0.1) is 0 Å². The van der Waals surface area contributed by atoms with Gasteiger partial charge in [0, 0.05) is 19.4 Å². The minimum absolute atomic E-state index is 0.146. The van der Waals surface area contributed by atoms with Crippen LogP contribution in [0.5, 0.6) is 0 Å². The average molecular weight is 511 g/mol. The minimum atomic E-state index is -4.41. The molecule has 0 aromatic heterocycles. The highest BCUT2D eigenvalue weighted by atomic mass is 32.3. The molecule has 8 nitrogen and oxygen atoms in total. The summed E-state index contributed by atoms with van der Waals surface area (Å²) in [6, 6.07) is 0. The van der Waals surface area contributed by atoms with Crippen LogP contribution in [0.3, 0.4) is 0 Å². The van der Waals surface area contributed by atoms with Crippen molar-refractivity contribution in [3.05, 3.63) is 0 Å². The van der Waals surface area contributed by atoms with E-state index in [0.29, 0.717) is 10.9 Å². The van der Waals surface area contributed by atoms with Crippen LogP contribution in [0, 0.1) is 0 Å². The van der Waals surface area contributed by atoms with Crippen molar-refractivity contribution in [2.24, 2.45) is 0 Å². The summed E-state index contributed by atoms with van der Waals surface area (Å²) >= 11 is 0. The first-order valence-corrected chi connectivity index (χ1v) is 14.6. The van der Waals surface area contributed by atoms with Gasteiger partial charge in [-0.2, -0.15) is 0 Å². The maximum absolute atomic E-state index is 11.8. The summed E-state index contributed by atoms with van der Waals surface area (Å²) in [6.07, 6.45) is 21.9. The van der Waals surface area contributed by atoms with Crippen molar-refractivity contribution in [3.63, 3.8) is 0 Å². The number of unbranched alkanes of at least 4 members (excludes halogenated alkanes) is 14. The van der Waals surface area contributed by atoms with Crippen LogP contribution in [0.4, 0.5) is 0 Å². The van der Waals surface area contributed by atoms with Crippen molar-refractivity contribution < 1.29 is 31.5 Å². The predicted octanol–water partition coefficient (Wildman–Crippen LogP) is 4.87. The molecule has 1 amide bonds. The number of carbonyl (C=O) groups excluding carboxylic acids is 1. The van der Waals surface area contributed by atoms with E-state index in [0.717, 1.165) is 33.0 Å². The van der Waals surface area contributed by atoms with Crippen molar-refractivity contribution in [1.29, 1.82) is 0 Å². The number of carbonyl (C=O) groups is 1. The van der Waals surface area contributed by atoms with E-state index in [-0.39, 0.29) is 12.6 Å². The first-order valence-electron chi connectivity index (χ1n) is 13.3. The summed E-state index contributed by atoms with van der Waals surface area (Å²) in [6.45, 7) is 4.03. The summed E-state index contributed by atoms with van der Waals surface area (Å²) in [5.41, 5.74) is 0. The smallest absolute Gasteiger partial charge is 0.219 e. The molecule has 206 valence electrons. The molecule has 0 heterocycles. The molecule has 0 aliphatic rings. The van der Waals surface area contributed by atoms with Crippen molar-refractivity contribution >= 4 is 16.3 Å². The van der Waals surface area contributed by atoms with Crippen LogP contribution in [0.2, 0.25) is 0 Å². The van der Waals surface area contributed by atoms with Gasteiger partial charge < -0.3 is 19.5 Å². The fourth-order valence-corrected chi connectivity index (χ4v) is 3.55. The lowest BCUT2D eigenvalue weighted by Crippen LogP contribution is -2.42. The molecule has 0 aliphatic heterocycles. The zero-order chi connectivity index (χ0) is 26.1. The van der Waals surface area contributed by atoms with Crippen molar-refractivity contribution in [2.75, 3.05) is 41.0 Å². The number of nitrogens with zero attached hydrogens (tertiary/aromatic N) is 1. The number of hydrogen-bond donors (Lipinski definition) is 2. The summed E-state index contributed by atoms with van der Waals surface area (Å²) in [5, 5.41) is 12.2. The van der Waals surface area contributed by atoms with Crippen molar-refractivity contribution in [2.45, 2.75) is 116 Å². The van der Waals surface area contributed by atoms with E-state index in [2.05, 4.69) is 16.4 Å². The second-order valence-corrected chi connectivity index (χ2v) is 10.9. The second kappa shape index (κ2) is 24.0. The third-order valence-corrected chi connectivity index (χ3v) is 6.26. The van der Waals surface area contributed by atoms with Gasteiger partial charge in [-0.05, 0) is 6.42 Å². The van der Waals surface area contributed by atoms with E-state index in [1.807, 2.05) is 14.1 Å². The van der Waals surface area contributed by atoms with Gasteiger partial charge in [-0.1, -0.05) is 96.8 Å². The summed E-state index contributed by atoms with van der Waals surface area (Å²) in [7, 11) is 0.391. The highest BCUT2D eigenvalue weighted by Crippen LogP contribution is 2.13. The van der Waals surface area contributed by atoms with Crippen LogP contribution >= 0.6 is 0 Å². The molecule has 0 unspecified atom stereocenters. The highest BCUT2D eigenvalue weighted by molar-refractivity contribution is 7.80. The zero-order valence-corrected chi connectivity index (χ0v) is 23.3. The van der Waals surface area contributed by atoms with Crippen LogP contribution in [-0.4, -0.2) is 69.5 Å². The Hall–Kier alpha value is -0.740. The molecular weight excluding hydrogens is 456 g/mol. The molecule has 0 atom stereocenters. The van der Waals surface area contributed by atoms with Gasteiger partial charge in [-0.25, -0.2) is 8.42 Å². The Labute approximate surface area is 210 Å². The molecule has 34 heavy (non-hydrogen) atoms. The molecule has 9 heteroatoms. The van der Waals surface area contributed by atoms with Gasteiger partial charge in [0.2, 0.25) is 16.3 Å². The van der Waals surface area contributed by atoms with Gasteiger partial charge >= 0.3 is 0 Å². The lowest BCUT2D eigenvalue weighted by molar-refractivity contribution is -0.908. The Morgan fingerprint density at radius 3 is 1.56 bits per heavy atom. The maximum atomic E-state index is 11.8. The lowest BCUT2D eigenvalue weighted by atomic mass is 10.0. The maximum Gasteiger partial charge on any atom is 0.219 e. The van der Waals surface area contributed by atoms with E-state index in [4.69, 9.17) is 0 Å². The zero-order valence-electron chi connectivity index (χ0n) is 22.5. The minimum Gasteiger partial charge on any atom is -0.726 e. The third-order valence-electron chi connectivity index (χ3n) is 5.86. The van der Waals surface area contributed by atoms with E-state index < -0.39 is 10.4 Å². The number of rotatable bonds is 22. The third kappa shape index (κ3) is 31.3. The Kier molecular flexibility index (Phi) is 25.0. The summed E-state index contributed by atoms with van der Waals surface area (Å²) in [4.78, 5) is 11.8. The van der Waals surface area contributed by atoms with Gasteiger partial charge in [0.25, 0.3) is 0 Å². The van der Waals surface area contributed by atoms with E-state index in [9.17, 15) is 22.9 Å². The predicted molar refractivity (Wildman–Crippen MR) is 138 cm³/mol. The lowest BCUT2D eigenvalue weighted by Gasteiger charge is -2.26. The van der Waals surface area contributed by atoms with Crippen LogP contribution in [0.15, 0.2) is 0 Å². The van der Waals surface area contributed by atoms with Gasteiger partial charge in [0.05, 0.1) is 27.7 Å². The highest BCUT2D eigenvalue weighted by Gasteiger charge is 2.12. The first-order chi connectivity index (χ1) is 16.1. The summed E-state index contributed by atoms with van der Waals surface area (Å²) < 4.78 is 31.6. The van der Waals surface area contributed by atoms with Crippen molar-refractivity contribution in [1.82, 2.24) is 5.32 Å². The molecule has 0 spiro atoms. The number of aliphatic hydroxyl groups excluding tert-OH is 1. The van der Waals surface area contributed by atoms with E-state index in [1.165, 1.54) is 89.9 Å². The second-order valence-electron chi connectivity index (χ2n) is 9.78. The summed E-state index contributed by atoms with van der Waals surface area (Å²) in [5.74, 6) is 0.184. The molecule has 0 saturated carbocycles. The fraction of sp³-hybridized carbons (Fsp3) is 0.960. The number of amides is 1. The number of nitrogens with one attached hydrogen (secondary N) is 1. The topological polar surface area (TPSA) is 116 Å². The van der Waals surface area contributed by atoms with E-state index in [1.54, 1.807) is 0 Å². The SMILES string of the molecule is CCCCCCCCCCCCCCCCCC(=O)NCCC[N+](C)(C)CO.COS(=O)(=O)[O-]. The molecule has 0 rings (SSSR count). The molecule has 0 radical (unpaired) electrons. The van der Waals surface area contributed by atoms with Gasteiger partial charge in [-0.3, -0.25) is 8.98 Å². The largest absolute Gasteiger partial charge is 0.726 e. The Bertz CT molecular complexity index is 556. The normalized spacial score (nSPS) is 11.7. The number of quaternary nitrogens is 1. The first kappa shape index (κ1) is 35.4. The fourth-order valence-electron chi connectivity index (χ4n) is 3.55. The van der Waals surface area contributed by atoms with Gasteiger partial charge in [0.15, 0.2) is 6.73 Å². The Morgan fingerprint density at radius 1 is 0.824 bits per heavy atom. The van der Waals surface area contributed by atoms with Crippen molar-refractivity contribution in [3.8, 4) is 0 Å². The van der Waals surface area contributed by atoms with Crippen LogP contribution in [-0.2, 0) is 19.4 Å². The number of aliphatic hydroxyl groups is 1. The Morgan fingerprint density at radius 2 is 1.21 bits per heavy atom. The van der Waals surface area contributed by atoms with Crippen LogP contribution in [0.25, 0.3) is 0 Å². The molecule has 0 bridgehead atoms. The molecule has 0 aromatic carbocycles. The van der Waals surface area contributed by atoms with E-state index >= 15 is 0 Å². The molecular formula is C25H54N2O6S. The molecule has 0 saturated heterocycles. The molecule has 2 N–H and O–H groups in total. The molecule has 0 aliphatic carbocycles. The van der Waals surface area contributed by atoms with Gasteiger partial charge in [0.1, 0.15) is 0 Å². The van der Waals surface area contributed by atoms with Crippen LogP contribution in [0.1, 0.15) is 116 Å². The average Bonchev–Trinajstić information content (AvgIpc) is 2.79.